The molecule has 3 fully saturated rings. The summed E-state index contributed by atoms with van der Waals surface area (Å²) < 4.78 is 56.6. The first-order valence-electron chi connectivity index (χ1n) is 10.8. The molecule has 11 heteroatoms. The number of nitrogens with zero attached hydrogens (tertiary/aromatic N) is 1. The second-order valence-electron chi connectivity index (χ2n) is 10.8. The Morgan fingerprint density at radius 2 is 1.68 bits per heavy atom. The molecule has 0 aromatic heterocycles. The lowest BCUT2D eigenvalue weighted by Crippen LogP contribution is -2.68. The van der Waals surface area contributed by atoms with E-state index in [2.05, 4.69) is 41.5 Å². The maximum atomic E-state index is 12.7. The number of hydrogen-bond donors (Lipinski definition) is 0. The molecule has 0 aromatic carbocycles. The molecule has 6 atom stereocenters. The Bertz CT molecular complexity index is 789. The first kappa shape index (κ1) is 25.1. The first-order chi connectivity index (χ1) is 14.1. The average molecular weight is 480 g/mol. The van der Waals surface area contributed by atoms with Crippen LogP contribution in [0.4, 0.5) is 0 Å². The van der Waals surface area contributed by atoms with E-state index in [9.17, 15) is 13.2 Å². The molecule has 9 nitrogen and oxygen atoms in total. The standard InChI is InChI=1S/C20H37NO8SSi/c1-10-25-18(22)14-13-16(14)27-12-11-26-31(19(2,3)4,20(5,6)7)29-15(12)17(13)28-30(23,24)21(8)9/h12-17H,10-11H2,1-9H3/t12-,13+,14+,15-,16+,17-/m1/s1. The van der Waals surface area contributed by atoms with Crippen LogP contribution in [0.2, 0.25) is 10.1 Å². The normalized spacial score (nSPS) is 35.3. The summed E-state index contributed by atoms with van der Waals surface area (Å²) in [7, 11) is -4.08. The molecule has 0 radical (unpaired) electrons. The van der Waals surface area contributed by atoms with Gasteiger partial charge in [-0.25, -0.2) is 0 Å². The minimum atomic E-state index is -4.00. The van der Waals surface area contributed by atoms with Crippen molar-refractivity contribution >= 4 is 24.8 Å². The van der Waals surface area contributed by atoms with Gasteiger partial charge in [0, 0.05) is 30.1 Å². The van der Waals surface area contributed by atoms with E-state index in [4.69, 9.17) is 22.5 Å². The van der Waals surface area contributed by atoms with Crippen LogP contribution in [0.15, 0.2) is 0 Å². The lowest BCUT2D eigenvalue weighted by atomic mass is 10.0. The van der Waals surface area contributed by atoms with Crippen molar-refractivity contribution in [1.82, 2.24) is 4.31 Å². The first-order valence-corrected chi connectivity index (χ1v) is 14.0. The van der Waals surface area contributed by atoms with Crippen molar-refractivity contribution in [2.75, 3.05) is 27.3 Å². The molecule has 2 saturated heterocycles. The summed E-state index contributed by atoms with van der Waals surface area (Å²) in [5.74, 6) is -1.42. The molecule has 0 aromatic rings. The van der Waals surface area contributed by atoms with Gasteiger partial charge in [-0.2, -0.15) is 12.7 Å². The summed E-state index contributed by atoms with van der Waals surface area (Å²) in [6.45, 7) is 14.8. The van der Waals surface area contributed by atoms with Crippen LogP contribution in [-0.2, 0) is 37.6 Å². The molecule has 0 amide bonds. The number of esters is 1. The fourth-order valence-electron chi connectivity index (χ4n) is 5.07. The van der Waals surface area contributed by atoms with Gasteiger partial charge in [0.2, 0.25) is 0 Å². The molecule has 0 spiro atoms. The van der Waals surface area contributed by atoms with Crippen LogP contribution < -0.4 is 0 Å². The lowest BCUT2D eigenvalue weighted by molar-refractivity contribution is -0.173. The molecule has 0 N–H and O–H groups in total. The summed E-state index contributed by atoms with van der Waals surface area (Å²) >= 11 is 0. The predicted octanol–water partition coefficient (Wildman–Crippen LogP) is 2.21. The van der Waals surface area contributed by atoms with Crippen LogP contribution in [0.5, 0.6) is 0 Å². The third-order valence-electron chi connectivity index (χ3n) is 6.37. The van der Waals surface area contributed by atoms with Crippen molar-refractivity contribution in [3.8, 4) is 0 Å². The molecule has 1 saturated carbocycles. The molecule has 2 aliphatic heterocycles. The van der Waals surface area contributed by atoms with E-state index in [0.29, 0.717) is 0 Å². The van der Waals surface area contributed by atoms with Crippen LogP contribution in [0.25, 0.3) is 0 Å². The molecule has 2 heterocycles. The third kappa shape index (κ3) is 4.22. The zero-order chi connectivity index (χ0) is 23.6. The van der Waals surface area contributed by atoms with Crippen LogP contribution in [0, 0.1) is 11.8 Å². The number of hydrogen-bond acceptors (Lipinski definition) is 8. The number of ether oxygens (including phenoxy) is 2. The van der Waals surface area contributed by atoms with Gasteiger partial charge in [-0.15, -0.1) is 0 Å². The Morgan fingerprint density at radius 3 is 2.16 bits per heavy atom. The summed E-state index contributed by atoms with van der Waals surface area (Å²) in [6, 6.07) is 0. The van der Waals surface area contributed by atoms with E-state index < -0.39 is 61.1 Å². The highest BCUT2D eigenvalue weighted by molar-refractivity contribution is 7.84. The van der Waals surface area contributed by atoms with E-state index in [1.807, 2.05) is 0 Å². The molecule has 0 unspecified atom stereocenters. The summed E-state index contributed by atoms with van der Waals surface area (Å²) in [5, 5.41) is -0.579. The topological polar surface area (TPSA) is 101 Å². The zero-order valence-corrected chi connectivity index (χ0v) is 21.8. The van der Waals surface area contributed by atoms with Crippen molar-refractivity contribution in [2.24, 2.45) is 11.8 Å². The molecule has 3 aliphatic rings. The minimum absolute atomic E-state index is 0.243. The quantitative estimate of drug-likeness (QED) is 0.437. The number of carbonyl (C=O) groups is 1. The maximum Gasteiger partial charge on any atom is 0.349 e. The summed E-state index contributed by atoms with van der Waals surface area (Å²) in [5.41, 5.74) is 0. The predicted molar refractivity (Wildman–Crippen MR) is 116 cm³/mol. The smallest absolute Gasteiger partial charge is 0.349 e. The Balaban J connectivity index is 1.99. The van der Waals surface area contributed by atoms with Crippen molar-refractivity contribution < 1.29 is 35.7 Å². The highest BCUT2D eigenvalue weighted by atomic mass is 32.2. The van der Waals surface area contributed by atoms with Gasteiger partial charge in [0.05, 0.1) is 25.2 Å². The highest BCUT2D eigenvalue weighted by Gasteiger charge is 2.72. The molecule has 180 valence electrons. The van der Waals surface area contributed by atoms with Crippen molar-refractivity contribution in [3.63, 3.8) is 0 Å². The average Bonchev–Trinajstić information content (AvgIpc) is 3.33. The number of rotatable bonds is 5. The van der Waals surface area contributed by atoms with Gasteiger partial charge in [0.15, 0.2) is 0 Å². The van der Waals surface area contributed by atoms with Crippen LogP contribution in [0.1, 0.15) is 48.5 Å². The molecule has 31 heavy (non-hydrogen) atoms. The van der Waals surface area contributed by atoms with Gasteiger partial charge >= 0.3 is 24.8 Å². The van der Waals surface area contributed by atoms with Gasteiger partial charge in [-0.3, -0.25) is 8.98 Å². The SMILES string of the molecule is CCOC(=O)[C@@H]1[C@H]2O[C@@H]3CO[Si](C(C)(C)C)(C(C)(C)C)O[C@H]3[C@H](OS(=O)(=O)N(C)C)[C@H]21. The summed E-state index contributed by atoms with van der Waals surface area (Å²) in [6.07, 6.45) is -2.50. The minimum Gasteiger partial charge on any atom is -0.466 e. The molecular formula is C20H37NO8SSi. The summed E-state index contributed by atoms with van der Waals surface area (Å²) in [4.78, 5) is 12.5. The van der Waals surface area contributed by atoms with Crippen LogP contribution in [-0.4, -0.2) is 79.0 Å². The largest absolute Gasteiger partial charge is 0.466 e. The fraction of sp³-hybridized carbons (Fsp3) is 0.950. The number of carbonyl (C=O) groups excluding carboxylic acids is 1. The fourth-order valence-corrected chi connectivity index (χ4v) is 10.7. The molecule has 1 aliphatic carbocycles. The molecule has 0 bridgehead atoms. The second kappa shape index (κ2) is 8.03. The van der Waals surface area contributed by atoms with Crippen LogP contribution in [0.3, 0.4) is 0 Å². The Kier molecular flexibility index (Phi) is 6.50. The Morgan fingerprint density at radius 1 is 1.10 bits per heavy atom. The van der Waals surface area contributed by atoms with Crippen molar-refractivity contribution in [2.45, 2.75) is 83.0 Å². The van der Waals surface area contributed by atoms with Crippen LogP contribution >= 0.6 is 0 Å². The lowest BCUT2D eigenvalue weighted by Gasteiger charge is -2.56. The molecule has 3 rings (SSSR count). The van der Waals surface area contributed by atoms with Gasteiger partial charge in [-0.05, 0) is 6.92 Å². The van der Waals surface area contributed by atoms with E-state index >= 15 is 0 Å². The maximum absolute atomic E-state index is 12.7. The molecular weight excluding hydrogens is 442 g/mol. The van der Waals surface area contributed by atoms with Gasteiger partial charge < -0.3 is 18.3 Å². The Labute approximate surface area is 187 Å². The highest BCUT2D eigenvalue weighted by Crippen LogP contribution is 2.59. The van der Waals surface area contributed by atoms with E-state index in [-0.39, 0.29) is 23.3 Å². The van der Waals surface area contributed by atoms with E-state index in [1.165, 1.54) is 14.1 Å². The number of fused-ring (bicyclic) bond motifs is 2. The van der Waals surface area contributed by atoms with Gasteiger partial charge in [0.25, 0.3) is 0 Å². The van der Waals surface area contributed by atoms with Crippen molar-refractivity contribution in [3.05, 3.63) is 0 Å². The monoisotopic (exact) mass is 479 g/mol. The second-order valence-corrected chi connectivity index (χ2v) is 17.3. The Hall–Kier alpha value is -0.563. The van der Waals surface area contributed by atoms with E-state index in [0.717, 1.165) is 4.31 Å². The third-order valence-corrected chi connectivity index (χ3v) is 12.9. The zero-order valence-electron chi connectivity index (χ0n) is 20.0. The van der Waals surface area contributed by atoms with Crippen molar-refractivity contribution in [1.29, 1.82) is 0 Å². The van der Waals surface area contributed by atoms with E-state index in [1.54, 1.807) is 6.92 Å². The van der Waals surface area contributed by atoms with Gasteiger partial charge in [-0.1, -0.05) is 41.5 Å². The van der Waals surface area contributed by atoms with Gasteiger partial charge in [0.1, 0.15) is 18.3 Å².